The molecule has 16 heavy (non-hydrogen) atoms. The van der Waals surface area contributed by atoms with Gasteiger partial charge < -0.3 is 15.2 Å². The Kier molecular flexibility index (Phi) is 6.08. The Labute approximate surface area is 97.4 Å². The number of ether oxygens (including phenoxy) is 1. The first kappa shape index (κ1) is 13.2. The minimum absolute atomic E-state index is 0.0385. The summed E-state index contributed by atoms with van der Waals surface area (Å²) in [5, 5.41) is 12.6. The lowest BCUT2D eigenvalue weighted by molar-refractivity contribution is 0.185. The summed E-state index contributed by atoms with van der Waals surface area (Å²) >= 11 is 0. The fourth-order valence-corrected chi connectivity index (χ4v) is 1.62. The smallest absolute Gasteiger partial charge is 0.0713 e. The molecule has 1 rings (SSSR count). The summed E-state index contributed by atoms with van der Waals surface area (Å²) in [5.41, 5.74) is 2.27. The Balaban J connectivity index is 2.62. The highest BCUT2D eigenvalue weighted by Gasteiger charge is 2.08. The Bertz CT molecular complexity index is 284. The number of hydrogen-bond donors (Lipinski definition) is 2. The van der Waals surface area contributed by atoms with Crippen molar-refractivity contribution in [2.24, 2.45) is 0 Å². The highest BCUT2D eigenvalue weighted by Crippen LogP contribution is 2.14. The molecule has 1 atom stereocenters. The largest absolute Gasteiger partial charge is 0.394 e. The van der Waals surface area contributed by atoms with Crippen molar-refractivity contribution < 1.29 is 9.84 Å². The molecule has 0 saturated heterocycles. The summed E-state index contributed by atoms with van der Waals surface area (Å²) in [4.78, 5) is 0. The molecule has 90 valence electrons. The molecule has 0 spiro atoms. The van der Waals surface area contributed by atoms with Gasteiger partial charge in [0.1, 0.15) is 0 Å². The predicted octanol–water partition coefficient (Wildman–Crippen LogP) is 1.87. The van der Waals surface area contributed by atoms with Gasteiger partial charge in [0.25, 0.3) is 0 Å². The monoisotopic (exact) mass is 223 g/mol. The summed E-state index contributed by atoms with van der Waals surface area (Å²) in [6.07, 6.45) is 1.07. The molecule has 0 saturated carbocycles. The maximum Gasteiger partial charge on any atom is 0.0713 e. The third-order valence-corrected chi connectivity index (χ3v) is 2.52. The Morgan fingerprint density at radius 2 is 2.00 bits per heavy atom. The van der Waals surface area contributed by atoms with Crippen molar-refractivity contribution in [2.75, 3.05) is 20.3 Å². The van der Waals surface area contributed by atoms with Gasteiger partial charge in [0.15, 0.2) is 0 Å². The normalized spacial score (nSPS) is 12.7. The van der Waals surface area contributed by atoms with E-state index in [0.29, 0.717) is 6.61 Å². The van der Waals surface area contributed by atoms with Gasteiger partial charge >= 0.3 is 0 Å². The number of benzene rings is 1. The van der Waals surface area contributed by atoms with E-state index in [1.54, 1.807) is 7.11 Å². The average molecular weight is 223 g/mol. The van der Waals surface area contributed by atoms with Crippen molar-refractivity contribution in [3.8, 4) is 0 Å². The first-order valence-corrected chi connectivity index (χ1v) is 5.73. The molecular weight excluding hydrogens is 202 g/mol. The summed E-state index contributed by atoms with van der Waals surface area (Å²) in [6, 6.07) is 8.19. The molecule has 0 heterocycles. The average Bonchev–Trinajstić information content (AvgIpc) is 2.32. The number of nitrogens with one attached hydrogen (secondary N) is 1. The third kappa shape index (κ3) is 3.93. The van der Waals surface area contributed by atoms with Crippen molar-refractivity contribution in [1.29, 1.82) is 0 Å². The molecule has 1 unspecified atom stereocenters. The molecule has 0 aliphatic heterocycles. The van der Waals surface area contributed by atoms with Gasteiger partial charge in [-0.3, -0.25) is 0 Å². The molecule has 0 amide bonds. The maximum atomic E-state index is 9.29. The van der Waals surface area contributed by atoms with Crippen molar-refractivity contribution in [1.82, 2.24) is 5.32 Å². The first-order chi connectivity index (χ1) is 7.81. The van der Waals surface area contributed by atoms with E-state index in [2.05, 4.69) is 12.2 Å². The summed E-state index contributed by atoms with van der Waals surface area (Å²) in [5.74, 6) is 0. The van der Waals surface area contributed by atoms with E-state index in [-0.39, 0.29) is 12.6 Å². The first-order valence-electron chi connectivity index (χ1n) is 5.73. The zero-order valence-electron chi connectivity index (χ0n) is 10.1. The van der Waals surface area contributed by atoms with Gasteiger partial charge in [-0.1, -0.05) is 31.2 Å². The van der Waals surface area contributed by atoms with Crippen LogP contribution in [-0.2, 0) is 11.3 Å². The topological polar surface area (TPSA) is 41.5 Å². The molecule has 3 heteroatoms. The SMILES string of the molecule is CCCNC(CO)c1ccc(COC)cc1. The lowest BCUT2D eigenvalue weighted by Gasteiger charge is -2.16. The molecule has 0 fully saturated rings. The van der Waals surface area contributed by atoms with Crippen LogP contribution in [0.5, 0.6) is 0 Å². The van der Waals surface area contributed by atoms with Crippen LogP contribution in [-0.4, -0.2) is 25.4 Å². The second-order valence-corrected chi connectivity index (χ2v) is 3.86. The fourth-order valence-electron chi connectivity index (χ4n) is 1.62. The number of aliphatic hydroxyl groups excluding tert-OH is 1. The van der Waals surface area contributed by atoms with Crippen molar-refractivity contribution in [3.63, 3.8) is 0 Å². The standard InChI is InChI=1S/C13H21NO2/c1-3-8-14-13(9-15)12-6-4-11(5-7-12)10-16-2/h4-7,13-15H,3,8-10H2,1-2H3. The molecule has 0 radical (unpaired) electrons. The molecule has 0 aliphatic rings. The van der Waals surface area contributed by atoms with Crippen LogP contribution >= 0.6 is 0 Å². The van der Waals surface area contributed by atoms with Gasteiger partial charge in [-0.25, -0.2) is 0 Å². The van der Waals surface area contributed by atoms with Crippen LogP contribution in [0.1, 0.15) is 30.5 Å². The summed E-state index contributed by atoms with van der Waals surface area (Å²) in [6.45, 7) is 3.80. The quantitative estimate of drug-likeness (QED) is 0.741. The van der Waals surface area contributed by atoms with Crippen LogP contribution < -0.4 is 5.32 Å². The fraction of sp³-hybridized carbons (Fsp3) is 0.538. The molecule has 1 aromatic carbocycles. The molecule has 0 aliphatic carbocycles. The van der Waals surface area contributed by atoms with E-state index in [9.17, 15) is 5.11 Å². The van der Waals surface area contributed by atoms with Crippen molar-refractivity contribution in [3.05, 3.63) is 35.4 Å². The summed E-state index contributed by atoms with van der Waals surface area (Å²) < 4.78 is 5.05. The lowest BCUT2D eigenvalue weighted by Crippen LogP contribution is -2.25. The van der Waals surface area contributed by atoms with Crippen LogP contribution in [0, 0.1) is 0 Å². The highest BCUT2D eigenvalue weighted by molar-refractivity contribution is 5.24. The minimum atomic E-state index is 0.0385. The molecule has 2 N–H and O–H groups in total. The lowest BCUT2D eigenvalue weighted by atomic mass is 10.1. The molecular formula is C13H21NO2. The van der Waals surface area contributed by atoms with Crippen LogP contribution in [0.2, 0.25) is 0 Å². The van der Waals surface area contributed by atoms with Gasteiger partial charge in [0, 0.05) is 7.11 Å². The van der Waals surface area contributed by atoms with Crippen LogP contribution in [0.15, 0.2) is 24.3 Å². The molecule has 3 nitrogen and oxygen atoms in total. The number of hydrogen-bond acceptors (Lipinski definition) is 3. The molecule has 1 aromatic rings. The van der Waals surface area contributed by atoms with E-state index < -0.39 is 0 Å². The van der Waals surface area contributed by atoms with Gasteiger partial charge in [0.2, 0.25) is 0 Å². The van der Waals surface area contributed by atoms with Crippen molar-refractivity contribution in [2.45, 2.75) is 26.0 Å². The highest BCUT2D eigenvalue weighted by atomic mass is 16.5. The van der Waals surface area contributed by atoms with E-state index >= 15 is 0 Å². The van der Waals surface area contributed by atoms with Crippen LogP contribution in [0.25, 0.3) is 0 Å². The maximum absolute atomic E-state index is 9.29. The second-order valence-electron chi connectivity index (χ2n) is 3.86. The van der Waals surface area contributed by atoms with Crippen LogP contribution in [0.4, 0.5) is 0 Å². The van der Waals surface area contributed by atoms with E-state index in [0.717, 1.165) is 24.1 Å². The Morgan fingerprint density at radius 1 is 1.31 bits per heavy atom. The zero-order chi connectivity index (χ0) is 11.8. The summed E-state index contributed by atoms with van der Waals surface area (Å²) in [7, 11) is 1.69. The molecule has 0 bridgehead atoms. The minimum Gasteiger partial charge on any atom is -0.394 e. The number of aliphatic hydroxyl groups is 1. The van der Waals surface area contributed by atoms with Gasteiger partial charge in [-0.2, -0.15) is 0 Å². The predicted molar refractivity (Wildman–Crippen MR) is 65.3 cm³/mol. The van der Waals surface area contributed by atoms with E-state index in [1.807, 2.05) is 24.3 Å². The van der Waals surface area contributed by atoms with Crippen LogP contribution in [0.3, 0.4) is 0 Å². The van der Waals surface area contributed by atoms with E-state index in [4.69, 9.17) is 4.74 Å². The van der Waals surface area contributed by atoms with Crippen molar-refractivity contribution >= 4 is 0 Å². The zero-order valence-corrected chi connectivity index (χ0v) is 10.1. The number of methoxy groups -OCH3 is 1. The van der Waals surface area contributed by atoms with Gasteiger partial charge in [0.05, 0.1) is 19.3 Å². The van der Waals surface area contributed by atoms with Gasteiger partial charge in [-0.15, -0.1) is 0 Å². The third-order valence-electron chi connectivity index (χ3n) is 2.52. The molecule has 0 aromatic heterocycles. The second kappa shape index (κ2) is 7.39. The van der Waals surface area contributed by atoms with Gasteiger partial charge in [-0.05, 0) is 24.1 Å². The van der Waals surface area contributed by atoms with E-state index in [1.165, 1.54) is 0 Å². The Morgan fingerprint density at radius 3 is 2.50 bits per heavy atom. The number of rotatable bonds is 7. The Hall–Kier alpha value is -0.900.